The topological polar surface area (TPSA) is 57.7 Å². The van der Waals surface area contributed by atoms with Crippen LogP contribution in [0.5, 0.6) is 0 Å². The fraction of sp³-hybridized carbons (Fsp3) is 0.643. The first-order valence-corrected chi connectivity index (χ1v) is 10.1. The van der Waals surface area contributed by atoms with Gasteiger partial charge in [-0.1, -0.05) is 18.5 Å². The maximum atomic E-state index is 12.8. The number of fused-ring (bicyclic) bond motifs is 4. The molecule has 0 N–H and O–H groups in total. The first kappa shape index (κ1) is 16.2. The minimum absolute atomic E-state index is 0.00332. The Morgan fingerprint density at radius 3 is 2.73 bits per heavy atom. The molecule has 4 rings (SSSR count). The van der Waals surface area contributed by atoms with Gasteiger partial charge in [0.05, 0.1) is 10.3 Å². The fourth-order valence-electron chi connectivity index (χ4n) is 3.30. The smallest absolute Gasteiger partial charge is 0.252 e. The molecule has 3 fully saturated rings. The van der Waals surface area contributed by atoms with Crippen LogP contribution in [-0.2, 0) is 14.8 Å². The molecule has 0 aromatic carbocycles. The molecule has 8 heteroatoms. The molecule has 4 heterocycles. The molecule has 0 aliphatic carbocycles. The molecular weight excluding hydrogens is 344 g/mol. The molecule has 1 aromatic heterocycles. The number of nitrogens with zero attached hydrogens (tertiary/aromatic N) is 2. The van der Waals surface area contributed by atoms with Crippen molar-refractivity contribution in [3.8, 4) is 0 Å². The number of rotatable bonds is 4. The summed E-state index contributed by atoms with van der Waals surface area (Å²) in [7, 11) is -3.56. The first-order valence-electron chi connectivity index (χ1n) is 7.49. The summed E-state index contributed by atoms with van der Waals surface area (Å²) in [5.41, 5.74) is 0. The van der Waals surface area contributed by atoms with Crippen LogP contribution in [0.2, 0.25) is 4.34 Å². The number of piperidine rings is 1. The highest BCUT2D eigenvalue weighted by molar-refractivity contribution is 7.91. The molecule has 3 aliphatic rings. The third-order valence-electron chi connectivity index (χ3n) is 4.37. The first-order chi connectivity index (χ1) is 10.4. The summed E-state index contributed by atoms with van der Waals surface area (Å²) in [5.74, 6) is -0.101. The standard InChI is InChI=1S/C14H19ClN2O3S2/c1-2-7-17-11-4-3-10(14(17)18)8-16(9-11)22(19,20)13-6-5-12(15)21-13/h5-6,10-11H,2-4,7-9H2,1H3/t10-,11+/m0/s1. The lowest BCUT2D eigenvalue weighted by molar-refractivity contribution is -0.139. The van der Waals surface area contributed by atoms with Gasteiger partial charge in [0.2, 0.25) is 5.91 Å². The lowest BCUT2D eigenvalue weighted by atomic mass is 9.94. The van der Waals surface area contributed by atoms with Crippen LogP contribution in [0.3, 0.4) is 0 Å². The van der Waals surface area contributed by atoms with Crippen LogP contribution in [0.15, 0.2) is 16.3 Å². The number of hydrogen-bond acceptors (Lipinski definition) is 4. The van der Waals surface area contributed by atoms with Crippen molar-refractivity contribution >= 4 is 38.9 Å². The van der Waals surface area contributed by atoms with Gasteiger partial charge < -0.3 is 4.90 Å². The molecule has 22 heavy (non-hydrogen) atoms. The average molecular weight is 363 g/mol. The number of hydrogen-bond donors (Lipinski definition) is 0. The highest BCUT2D eigenvalue weighted by Crippen LogP contribution is 2.34. The summed E-state index contributed by atoms with van der Waals surface area (Å²) in [6.07, 6.45) is 2.55. The Hall–Kier alpha value is -0.630. The summed E-state index contributed by atoms with van der Waals surface area (Å²) in [6.45, 7) is 3.42. The Morgan fingerprint density at radius 2 is 2.09 bits per heavy atom. The number of halogens is 1. The zero-order valence-corrected chi connectivity index (χ0v) is 14.8. The molecule has 2 atom stereocenters. The van der Waals surface area contributed by atoms with Crippen molar-refractivity contribution in [2.24, 2.45) is 5.92 Å². The van der Waals surface area contributed by atoms with Gasteiger partial charge in [-0.2, -0.15) is 4.31 Å². The summed E-state index contributed by atoms with van der Waals surface area (Å²) < 4.78 is 27.8. The van der Waals surface area contributed by atoms with Crippen molar-refractivity contribution in [2.45, 2.75) is 36.4 Å². The molecule has 3 aliphatic heterocycles. The van der Waals surface area contributed by atoms with Gasteiger partial charge in [0.1, 0.15) is 4.21 Å². The highest BCUT2D eigenvalue weighted by Gasteiger charge is 2.43. The van der Waals surface area contributed by atoms with Crippen molar-refractivity contribution < 1.29 is 13.2 Å². The van der Waals surface area contributed by atoms with E-state index in [-0.39, 0.29) is 28.6 Å². The van der Waals surface area contributed by atoms with E-state index in [1.165, 1.54) is 4.31 Å². The lowest BCUT2D eigenvalue weighted by Crippen LogP contribution is -2.48. The molecule has 2 bridgehead atoms. The van der Waals surface area contributed by atoms with Crippen LogP contribution in [-0.4, -0.2) is 49.2 Å². The maximum Gasteiger partial charge on any atom is 0.252 e. The van der Waals surface area contributed by atoms with Gasteiger partial charge in [-0.05, 0) is 31.4 Å². The molecule has 5 nitrogen and oxygen atoms in total. The Kier molecular flexibility index (Phi) is 4.51. The minimum atomic E-state index is -3.56. The van der Waals surface area contributed by atoms with E-state index in [0.29, 0.717) is 17.4 Å². The molecule has 0 unspecified atom stereocenters. The van der Waals surface area contributed by atoms with E-state index in [4.69, 9.17) is 11.6 Å². The van der Waals surface area contributed by atoms with Crippen molar-refractivity contribution in [3.05, 3.63) is 16.5 Å². The number of carbonyl (C=O) groups excluding carboxylic acids is 1. The molecule has 0 spiro atoms. The SMILES string of the molecule is CCCN1C(=O)[C@H]2CC[C@@H]1CN(S(=O)(=O)c1ccc(Cl)s1)C2. The molecule has 122 valence electrons. The quantitative estimate of drug-likeness (QED) is 0.826. The van der Waals surface area contributed by atoms with E-state index in [2.05, 4.69) is 0 Å². The molecule has 3 saturated heterocycles. The molecule has 1 aromatic rings. The molecule has 1 amide bonds. The van der Waals surface area contributed by atoms with E-state index >= 15 is 0 Å². The van der Waals surface area contributed by atoms with E-state index < -0.39 is 10.0 Å². The normalized spacial score (nSPS) is 26.5. The zero-order valence-electron chi connectivity index (χ0n) is 12.4. The number of carbonyl (C=O) groups is 1. The highest BCUT2D eigenvalue weighted by atomic mass is 35.5. The number of amides is 1. The molecular formula is C14H19ClN2O3S2. The van der Waals surface area contributed by atoms with Crippen molar-refractivity contribution in [2.75, 3.05) is 19.6 Å². The van der Waals surface area contributed by atoms with Crippen LogP contribution in [0.25, 0.3) is 0 Å². The van der Waals surface area contributed by atoms with Gasteiger partial charge in [0.25, 0.3) is 10.0 Å². The predicted octanol–water partition coefficient (Wildman–Crippen LogP) is 2.42. The van der Waals surface area contributed by atoms with Crippen LogP contribution in [0.4, 0.5) is 0 Å². The van der Waals surface area contributed by atoms with E-state index in [0.717, 1.165) is 30.6 Å². The average Bonchev–Trinajstić information content (AvgIpc) is 2.74. The van der Waals surface area contributed by atoms with Gasteiger partial charge in [-0.3, -0.25) is 4.79 Å². The Labute approximate surface area is 139 Å². The lowest BCUT2D eigenvalue weighted by Gasteiger charge is -2.35. The summed E-state index contributed by atoms with van der Waals surface area (Å²) >= 11 is 6.94. The monoisotopic (exact) mass is 362 g/mol. The van der Waals surface area contributed by atoms with E-state index in [9.17, 15) is 13.2 Å². The van der Waals surface area contributed by atoms with Crippen LogP contribution in [0.1, 0.15) is 26.2 Å². The van der Waals surface area contributed by atoms with Gasteiger partial charge in [-0.15, -0.1) is 11.3 Å². The largest absolute Gasteiger partial charge is 0.338 e. The van der Waals surface area contributed by atoms with Crippen LogP contribution >= 0.6 is 22.9 Å². The second-order valence-corrected chi connectivity index (χ2v) is 9.72. The van der Waals surface area contributed by atoms with Gasteiger partial charge in [0.15, 0.2) is 0 Å². The Morgan fingerprint density at radius 1 is 1.32 bits per heavy atom. The Bertz CT molecular complexity index is 673. The molecule has 0 radical (unpaired) electrons. The second-order valence-electron chi connectivity index (χ2n) is 5.84. The predicted molar refractivity (Wildman–Crippen MR) is 86.6 cm³/mol. The van der Waals surface area contributed by atoms with Crippen molar-refractivity contribution in [1.29, 1.82) is 0 Å². The van der Waals surface area contributed by atoms with E-state index in [1.54, 1.807) is 12.1 Å². The third-order valence-corrected chi connectivity index (χ3v) is 7.90. The number of sulfonamides is 1. The van der Waals surface area contributed by atoms with Crippen LogP contribution in [0, 0.1) is 5.92 Å². The zero-order chi connectivity index (χ0) is 15.9. The third kappa shape index (κ3) is 2.79. The van der Waals surface area contributed by atoms with Gasteiger partial charge in [-0.25, -0.2) is 8.42 Å². The maximum absolute atomic E-state index is 12.8. The Balaban J connectivity index is 1.89. The van der Waals surface area contributed by atoms with E-state index in [1.807, 2.05) is 11.8 Å². The van der Waals surface area contributed by atoms with Crippen molar-refractivity contribution in [3.63, 3.8) is 0 Å². The minimum Gasteiger partial charge on any atom is -0.338 e. The fourth-order valence-corrected chi connectivity index (χ4v) is 6.46. The summed E-state index contributed by atoms with van der Waals surface area (Å²) in [5, 5.41) is 0. The van der Waals surface area contributed by atoms with Gasteiger partial charge in [0, 0.05) is 25.7 Å². The summed E-state index contributed by atoms with van der Waals surface area (Å²) in [6, 6.07) is 3.14. The molecule has 0 saturated carbocycles. The second kappa shape index (κ2) is 6.11. The number of thiophene rings is 1. The van der Waals surface area contributed by atoms with Crippen LogP contribution < -0.4 is 0 Å². The van der Waals surface area contributed by atoms with Gasteiger partial charge >= 0.3 is 0 Å². The van der Waals surface area contributed by atoms with Crippen molar-refractivity contribution in [1.82, 2.24) is 9.21 Å². The summed E-state index contributed by atoms with van der Waals surface area (Å²) in [4.78, 5) is 14.4.